The summed E-state index contributed by atoms with van der Waals surface area (Å²) in [5.74, 6) is 3.71. The highest BCUT2D eigenvalue weighted by Gasteiger charge is 2.88. The summed E-state index contributed by atoms with van der Waals surface area (Å²) in [4.78, 5) is 0. The Hall–Kier alpha value is -0.0800. The molecule has 9 unspecified atom stereocenters. The van der Waals surface area contributed by atoms with E-state index < -0.39 is 0 Å². The number of rotatable bonds is 5. The Kier molecular flexibility index (Phi) is 4.81. The third-order valence-electron chi connectivity index (χ3n) is 11.3. The Morgan fingerprint density at radius 1 is 0.966 bits per heavy atom. The first-order chi connectivity index (χ1) is 13.7. The minimum atomic E-state index is -0.224. The lowest BCUT2D eigenvalue weighted by Crippen LogP contribution is -2.63. The SMILES string of the molecule is CC(C)CCCC(C)C1CCC2C1(C)CCC13OC21C(O)CC1CCCCC13C. The molecule has 0 aromatic heterocycles. The van der Waals surface area contributed by atoms with Crippen LogP contribution in [0.4, 0.5) is 0 Å². The lowest BCUT2D eigenvalue weighted by atomic mass is 9.44. The van der Waals surface area contributed by atoms with Crippen molar-refractivity contribution in [1.82, 2.24) is 0 Å². The van der Waals surface area contributed by atoms with Crippen LogP contribution in [-0.4, -0.2) is 22.4 Å². The molecule has 0 aromatic rings. The number of epoxide rings is 1. The van der Waals surface area contributed by atoms with E-state index in [0.29, 0.717) is 22.7 Å². The molecule has 2 heteroatoms. The fraction of sp³-hybridized carbons (Fsp3) is 1.00. The summed E-state index contributed by atoms with van der Waals surface area (Å²) >= 11 is 0. The van der Waals surface area contributed by atoms with Crippen molar-refractivity contribution >= 4 is 0 Å². The van der Waals surface area contributed by atoms with Crippen LogP contribution in [0.25, 0.3) is 0 Å². The molecular weight excluding hydrogens is 356 g/mol. The smallest absolute Gasteiger partial charge is 0.128 e. The zero-order chi connectivity index (χ0) is 20.7. The molecule has 0 bridgehead atoms. The highest BCUT2D eigenvalue weighted by atomic mass is 16.6. The lowest BCUT2D eigenvalue weighted by molar-refractivity contribution is -0.101. The molecule has 5 rings (SSSR count). The van der Waals surface area contributed by atoms with Crippen LogP contribution in [0, 0.1) is 40.4 Å². The van der Waals surface area contributed by atoms with Gasteiger partial charge in [0, 0.05) is 5.41 Å². The molecule has 5 fully saturated rings. The van der Waals surface area contributed by atoms with Gasteiger partial charge in [0.1, 0.15) is 11.2 Å². The molecule has 1 aliphatic heterocycles. The van der Waals surface area contributed by atoms with Gasteiger partial charge in [-0.2, -0.15) is 0 Å². The van der Waals surface area contributed by atoms with Crippen molar-refractivity contribution in [3.05, 3.63) is 0 Å². The van der Waals surface area contributed by atoms with Gasteiger partial charge in [-0.3, -0.25) is 0 Å². The Morgan fingerprint density at radius 2 is 1.76 bits per heavy atom. The number of hydrogen-bond acceptors (Lipinski definition) is 2. The first-order valence-electron chi connectivity index (χ1n) is 13.1. The number of aliphatic hydroxyl groups excluding tert-OH is 1. The zero-order valence-electron chi connectivity index (χ0n) is 19.8. The van der Waals surface area contributed by atoms with Gasteiger partial charge in [-0.15, -0.1) is 0 Å². The Bertz CT molecular complexity index is 644. The molecule has 1 saturated heterocycles. The van der Waals surface area contributed by atoms with Gasteiger partial charge in [-0.05, 0) is 80.0 Å². The Balaban J connectivity index is 1.40. The molecule has 1 heterocycles. The molecule has 0 spiro atoms. The van der Waals surface area contributed by atoms with E-state index in [9.17, 15) is 5.11 Å². The quantitative estimate of drug-likeness (QED) is 0.516. The van der Waals surface area contributed by atoms with Gasteiger partial charge in [-0.25, -0.2) is 0 Å². The highest BCUT2D eigenvalue weighted by Crippen LogP contribution is 2.81. The maximum Gasteiger partial charge on any atom is 0.128 e. The third kappa shape index (κ3) is 2.54. The molecule has 0 radical (unpaired) electrons. The molecule has 166 valence electrons. The Morgan fingerprint density at radius 3 is 2.52 bits per heavy atom. The van der Waals surface area contributed by atoms with E-state index in [1.165, 1.54) is 70.6 Å². The fourth-order valence-corrected chi connectivity index (χ4v) is 9.80. The second-order valence-corrected chi connectivity index (χ2v) is 12.9. The largest absolute Gasteiger partial charge is 0.390 e. The summed E-state index contributed by atoms with van der Waals surface area (Å²) in [6, 6.07) is 0. The van der Waals surface area contributed by atoms with Crippen molar-refractivity contribution < 1.29 is 9.84 Å². The van der Waals surface area contributed by atoms with Crippen LogP contribution >= 0.6 is 0 Å². The first kappa shape index (κ1) is 20.8. The average molecular weight is 403 g/mol. The van der Waals surface area contributed by atoms with Crippen molar-refractivity contribution in [2.75, 3.05) is 0 Å². The molecule has 4 saturated carbocycles. The monoisotopic (exact) mass is 402 g/mol. The van der Waals surface area contributed by atoms with Crippen LogP contribution in [0.2, 0.25) is 0 Å². The molecule has 4 aliphatic carbocycles. The van der Waals surface area contributed by atoms with E-state index >= 15 is 0 Å². The summed E-state index contributed by atoms with van der Waals surface area (Å²) in [6.07, 6.45) is 15.4. The third-order valence-corrected chi connectivity index (χ3v) is 11.3. The van der Waals surface area contributed by atoms with Gasteiger partial charge in [0.2, 0.25) is 0 Å². The molecule has 29 heavy (non-hydrogen) atoms. The predicted octanol–water partition coefficient (Wildman–Crippen LogP) is 6.74. The molecule has 9 atom stereocenters. The number of hydrogen-bond donors (Lipinski definition) is 1. The maximum atomic E-state index is 11.5. The molecule has 0 aromatic carbocycles. The second kappa shape index (κ2) is 6.71. The van der Waals surface area contributed by atoms with Crippen LogP contribution < -0.4 is 0 Å². The van der Waals surface area contributed by atoms with Gasteiger partial charge in [0.05, 0.1) is 6.10 Å². The van der Waals surface area contributed by atoms with Crippen LogP contribution in [0.15, 0.2) is 0 Å². The van der Waals surface area contributed by atoms with Crippen molar-refractivity contribution in [3.8, 4) is 0 Å². The van der Waals surface area contributed by atoms with Crippen molar-refractivity contribution in [2.45, 2.75) is 129 Å². The van der Waals surface area contributed by atoms with E-state index in [1.54, 1.807) is 0 Å². The van der Waals surface area contributed by atoms with Crippen molar-refractivity contribution in [1.29, 1.82) is 0 Å². The fourth-order valence-electron chi connectivity index (χ4n) is 9.80. The standard InChI is InChI=1S/C27H46O2/c1-18(2)9-8-10-19(3)21-12-13-22-24(21,4)15-16-26-25(5)14-7-6-11-20(25)17-23(28)27(22,26)29-26/h18-23,28H,6-17H2,1-5H3. The van der Waals surface area contributed by atoms with Gasteiger partial charge in [0.25, 0.3) is 0 Å². The number of fused-ring (bicyclic) bond motifs is 2. The van der Waals surface area contributed by atoms with E-state index in [1.807, 2.05) is 0 Å². The van der Waals surface area contributed by atoms with Crippen LogP contribution in [0.1, 0.15) is 112 Å². The minimum absolute atomic E-state index is 0.00268. The predicted molar refractivity (Wildman–Crippen MR) is 119 cm³/mol. The minimum Gasteiger partial charge on any atom is -0.390 e. The molecule has 5 aliphatic rings. The molecule has 1 N–H and O–H groups in total. The number of ether oxygens (including phenoxy) is 1. The lowest BCUT2D eigenvalue weighted by Gasteiger charge is -2.58. The van der Waals surface area contributed by atoms with Crippen LogP contribution in [0.5, 0.6) is 0 Å². The Labute approximate surface area is 179 Å². The van der Waals surface area contributed by atoms with Gasteiger partial charge in [0.15, 0.2) is 0 Å². The van der Waals surface area contributed by atoms with E-state index in [-0.39, 0.29) is 17.3 Å². The molecule has 0 amide bonds. The maximum absolute atomic E-state index is 11.5. The summed E-state index contributed by atoms with van der Waals surface area (Å²) < 4.78 is 6.97. The first-order valence-corrected chi connectivity index (χ1v) is 13.1. The van der Waals surface area contributed by atoms with E-state index in [2.05, 4.69) is 34.6 Å². The summed E-state index contributed by atoms with van der Waals surface area (Å²) in [7, 11) is 0. The van der Waals surface area contributed by atoms with Crippen molar-refractivity contribution in [3.63, 3.8) is 0 Å². The van der Waals surface area contributed by atoms with Crippen molar-refractivity contribution in [2.24, 2.45) is 40.4 Å². The topological polar surface area (TPSA) is 32.8 Å². The van der Waals surface area contributed by atoms with E-state index in [4.69, 9.17) is 4.74 Å². The normalized spacial score (nSPS) is 54.3. The summed E-state index contributed by atoms with van der Waals surface area (Å²) in [5.41, 5.74) is 0.487. The van der Waals surface area contributed by atoms with Crippen LogP contribution in [0.3, 0.4) is 0 Å². The molecule has 2 nitrogen and oxygen atoms in total. The molecular formula is C27H46O2. The second-order valence-electron chi connectivity index (χ2n) is 12.9. The highest BCUT2D eigenvalue weighted by molar-refractivity contribution is 5.36. The zero-order valence-corrected chi connectivity index (χ0v) is 19.8. The van der Waals surface area contributed by atoms with Gasteiger partial charge < -0.3 is 9.84 Å². The van der Waals surface area contributed by atoms with Crippen LogP contribution in [-0.2, 0) is 4.74 Å². The average Bonchev–Trinajstić information content (AvgIpc) is 3.27. The van der Waals surface area contributed by atoms with Gasteiger partial charge >= 0.3 is 0 Å². The van der Waals surface area contributed by atoms with Gasteiger partial charge in [-0.1, -0.05) is 66.7 Å². The number of aliphatic hydroxyl groups is 1. The summed E-state index contributed by atoms with van der Waals surface area (Å²) in [5, 5.41) is 11.5. The van der Waals surface area contributed by atoms with E-state index in [0.717, 1.165) is 24.2 Å². The summed E-state index contributed by atoms with van der Waals surface area (Å²) in [6.45, 7) is 12.4.